The molecule has 22 heavy (non-hydrogen) atoms. The lowest BCUT2D eigenvalue weighted by molar-refractivity contribution is -0.0347. The molecule has 6 heteroatoms. The zero-order chi connectivity index (χ0) is 16.4. The van der Waals surface area contributed by atoms with Gasteiger partial charge in [0.05, 0.1) is 24.4 Å². The third-order valence-electron chi connectivity index (χ3n) is 3.02. The maximum atomic E-state index is 10.7. The largest absolute Gasteiger partial charge is 0.491 e. The van der Waals surface area contributed by atoms with Crippen LogP contribution in [-0.2, 0) is 9.47 Å². The van der Waals surface area contributed by atoms with E-state index in [0.29, 0.717) is 25.6 Å². The molecule has 0 bridgehead atoms. The minimum absolute atomic E-state index is 0.168. The number of rotatable bonds is 11. The van der Waals surface area contributed by atoms with Crippen molar-refractivity contribution < 1.29 is 24.1 Å². The number of alkyl halides is 1. The predicted molar refractivity (Wildman–Crippen MR) is 93.3 cm³/mol. The van der Waals surface area contributed by atoms with Gasteiger partial charge in [0.1, 0.15) is 12.4 Å². The van der Waals surface area contributed by atoms with Crippen LogP contribution in [0.3, 0.4) is 0 Å². The molecule has 1 aromatic carbocycles. The maximum absolute atomic E-state index is 10.7. The van der Waals surface area contributed by atoms with Gasteiger partial charge in [-0.3, -0.25) is 0 Å². The molecule has 0 aliphatic heterocycles. The van der Waals surface area contributed by atoms with Crippen molar-refractivity contribution in [2.45, 2.75) is 25.9 Å². The number of aromatic carboxylic acids is 1. The fraction of sp³-hybridized carbons (Fsp3) is 0.562. The van der Waals surface area contributed by atoms with Crippen molar-refractivity contribution in [2.24, 2.45) is 0 Å². The van der Waals surface area contributed by atoms with Crippen molar-refractivity contribution in [3.8, 4) is 5.75 Å². The molecule has 0 spiro atoms. The van der Waals surface area contributed by atoms with E-state index in [-0.39, 0.29) is 11.2 Å². The van der Waals surface area contributed by atoms with Crippen LogP contribution in [0, 0.1) is 0 Å². The number of ether oxygens (including phenoxy) is 3. The zero-order valence-corrected chi connectivity index (χ0v) is 15.2. The van der Waals surface area contributed by atoms with Crippen LogP contribution in [0.1, 0.15) is 30.6 Å². The molecule has 0 saturated carbocycles. The Balaban J connectivity index is 2.14. The lowest BCUT2D eigenvalue weighted by atomic mass is 10.1. The standard InChI is InChI=1S/C16H23IO5/c1-16(2,22-10-8-17)7-9-20-11-12-21-14-5-3-13(4-6-14)15(18)19/h3-6H,7-12H2,1-2H3,(H,18,19). The van der Waals surface area contributed by atoms with Crippen LogP contribution in [-0.4, -0.2) is 47.5 Å². The van der Waals surface area contributed by atoms with E-state index in [1.807, 2.05) is 0 Å². The summed E-state index contributed by atoms with van der Waals surface area (Å²) in [5.41, 5.74) is 0.0796. The molecule has 0 radical (unpaired) electrons. The number of hydrogen-bond donors (Lipinski definition) is 1. The highest BCUT2D eigenvalue weighted by molar-refractivity contribution is 14.1. The molecular weight excluding hydrogens is 399 g/mol. The van der Waals surface area contributed by atoms with Crippen molar-refractivity contribution in [2.75, 3.05) is 30.9 Å². The molecule has 0 aromatic heterocycles. The number of hydrogen-bond acceptors (Lipinski definition) is 4. The van der Waals surface area contributed by atoms with Crippen molar-refractivity contribution in [3.05, 3.63) is 29.8 Å². The number of carboxylic acids is 1. The fourth-order valence-electron chi connectivity index (χ4n) is 1.72. The molecule has 0 fully saturated rings. The number of carboxylic acid groups (broad SMARTS) is 1. The van der Waals surface area contributed by atoms with E-state index in [0.717, 1.165) is 17.5 Å². The molecule has 0 atom stereocenters. The van der Waals surface area contributed by atoms with Gasteiger partial charge in [-0.25, -0.2) is 4.79 Å². The van der Waals surface area contributed by atoms with Crippen LogP contribution < -0.4 is 4.74 Å². The highest BCUT2D eigenvalue weighted by Gasteiger charge is 2.17. The molecule has 0 aliphatic rings. The van der Waals surface area contributed by atoms with Crippen molar-refractivity contribution in [3.63, 3.8) is 0 Å². The Bertz CT molecular complexity index is 444. The molecule has 0 heterocycles. The molecular formula is C16H23IO5. The summed E-state index contributed by atoms with van der Waals surface area (Å²) in [5.74, 6) is -0.304. The Morgan fingerprint density at radius 2 is 1.82 bits per heavy atom. The molecule has 0 saturated heterocycles. The van der Waals surface area contributed by atoms with Gasteiger partial charge in [-0.05, 0) is 44.5 Å². The SMILES string of the molecule is CC(C)(CCOCCOc1ccc(C(=O)O)cc1)OCCI. The first kappa shape index (κ1) is 19.2. The van der Waals surface area contributed by atoms with Gasteiger partial charge >= 0.3 is 5.97 Å². The van der Waals surface area contributed by atoms with Gasteiger partial charge in [-0.2, -0.15) is 0 Å². The quantitative estimate of drug-likeness (QED) is 0.337. The summed E-state index contributed by atoms with van der Waals surface area (Å²) in [5, 5.41) is 8.80. The van der Waals surface area contributed by atoms with Crippen LogP contribution in [0.2, 0.25) is 0 Å². The molecule has 0 unspecified atom stereocenters. The average Bonchev–Trinajstić information content (AvgIpc) is 2.49. The van der Waals surface area contributed by atoms with Gasteiger partial charge in [0.25, 0.3) is 0 Å². The minimum Gasteiger partial charge on any atom is -0.491 e. The zero-order valence-electron chi connectivity index (χ0n) is 13.0. The summed E-state index contributed by atoms with van der Waals surface area (Å²) in [6, 6.07) is 6.33. The number of benzene rings is 1. The Hall–Kier alpha value is -0.860. The van der Waals surface area contributed by atoms with Crippen LogP contribution in [0.5, 0.6) is 5.75 Å². The van der Waals surface area contributed by atoms with E-state index in [4.69, 9.17) is 19.3 Å². The third kappa shape index (κ3) is 7.95. The molecule has 1 aromatic rings. The number of halogens is 1. The highest BCUT2D eigenvalue weighted by atomic mass is 127. The highest BCUT2D eigenvalue weighted by Crippen LogP contribution is 2.15. The third-order valence-corrected chi connectivity index (χ3v) is 3.46. The van der Waals surface area contributed by atoms with E-state index in [9.17, 15) is 4.79 Å². The van der Waals surface area contributed by atoms with Gasteiger partial charge in [-0.1, -0.05) is 22.6 Å². The summed E-state index contributed by atoms with van der Waals surface area (Å²) < 4.78 is 17.7. The normalized spacial score (nSPS) is 11.4. The second-order valence-electron chi connectivity index (χ2n) is 5.34. The van der Waals surface area contributed by atoms with E-state index in [1.54, 1.807) is 12.1 Å². The Morgan fingerprint density at radius 1 is 1.14 bits per heavy atom. The Morgan fingerprint density at radius 3 is 2.41 bits per heavy atom. The first-order valence-corrected chi connectivity index (χ1v) is 8.71. The molecule has 1 rings (SSSR count). The summed E-state index contributed by atoms with van der Waals surface area (Å²) in [6.07, 6.45) is 0.830. The van der Waals surface area contributed by atoms with Crippen molar-refractivity contribution in [1.29, 1.82) is 0 Å². The predicted octanol–water partition coefficient (Wildman–Crippen LogP) is 3.40. The Kier molecular flexibility index (Phi) is 8.74. The van der Waals surface area contributed by atoms with Crippen LogP contribution in [0.25, 0.3) is 0 Å². The summed E-state index contributed by atoms with van der Waals surface area (Å²) in [4.78, 5) is 10.7. The Labute approximate surface area is 145 Å². The molecule has 5 nitrogen and oxygen atoms in total. The van der Waals surface area contributed by atoms with Gasteiger partial charge in [-0.15, -0.1) is 0 Å². The average molecular weight is 422 g/mol. The first-order chi connectivity index (χ1) is 10.4. The van der Waals surface area contributed by atoms with E-state index >= 15 is 0 Å². The lowest BCUT2D eigenvalue weighted by Crippen LogP contribution is -2.27. The van der Waals surface area contributed by atoms with E-state index in [2.05, 4.69) is 36.4 Å². The van der Waals surface area contributed by atoms with Crippen molar-refractivity contribution >= 4 is 28.6 Å². The van der Waals surface area contributed by atoms with Gasteiger partial charge in [0, 0.05) is 11.0 Å². The van der Waals surface area contributed by atoms with Gasteiger partial charge in [0.15, 0.2) is 0 Å². The second kappa shape index (κ2) is 10.0. The number of carbonyl (C=O) groups is 1. The summed E-state index contributed by atoms with van der Waals surface area (Å²) >= 11 is 2.29. The maximum Gasteiger partial charge on any atom is 0.335 e. The van der Waals surface area contributed by atoms with Crippen LogP contribution >= 0.6 is 22.6 Å². The fourth-order valence-corrected chi connectivity index (χ4v) is 1.94. The molecule has 0 amide bonds. The first-order valence-electron chi connectivity index (χ1n) is 7.18. The smallest absolute Gasteiger partial charge is 0.335 e. The van der Waals surface area contributed by atoms with E-state index < -0.39 is 5.97 Å². The van der Waals surface area contributed by atoms with Crippen molar-refractivity contribution in [1.82, 2.24) is 0 Å². The minimum atomic E-state index is -0.942. The molecule has 124 valence electrons. The second-order valence-corrected chi connectivity index (χ2v) is 6.42. The molecule has 0 aliphatic carbocycles. The lowest BCUT2D eigenvalue weighted by Gasteiger charge is -2.24. The summed E-state index contributed by atoms with van der Waals surface area (Å²) in [7, 11) is 0. The van der Waals surface area contributed by atoms with Gasteiger partial charge < -0.3 is 19.3 Å². The van der Waals surface area contributed by atoms with Crippen LogP contribution in [0.15, 0.2) is 24.3 Å². The molecule has 1 N–H and O–H groups in total. The van der Waals surface area contributed by atoms with Crippen LogP contribution in [0.4, 0.5) is 0 Å². The summed E-state index contributed by atoms with van der Waals surface area (Å²) in [6.45, 7) is 6.41. The topological polar surface area (TPSA) is 65.0 Å². The van der Waals surface area contributed by atoms with E-state index in [1.165, 1.54) is 12.1 Å². The van der Waals surface area contributed by atoms with Gasteiger partial charge in [0.2, 0.25) is 0 Å². The monoisotopic (exact) mass is 422 g/mol.